The lowest BCUT2D eigenvalue weighted by molar-refractivity contribution is 0.593. The van der Waals surface area contributed by atoms with E-state index in [1.165, 1.54) is 5.56 Å². The monoisotopic (exact) mass is 366 g/mol. The third-order valence-corrected chi connectivity index (χ3v) is 6.02. The van der Waals surface area contributed by atoms with Gasteiger partial charge in [-0.2, -0.15) is 0 Å². The van der Waals surface area contributed by atoms with E-state index in [9.17, 15) is 8.42 Å². The maximum absolute atomic E-state index is 12.0. The molecule has 2 atom stereocenters. The van der Waals surface area contributed by atoms with Crippen molar-refractivity contribution in [1.29, 1.82) is 0 Å². The fourth-order valence-electron chi connectivity index (χ4n) is 2.57. The minimum atomic E-state index is -3.33. The molecule has 2 aromatic carbocycles. The molecule has 1 saturated carbocycles. The van der Waals surface area contributed by atoms with Crippen molar-refractivity contribution < 1.29 is 8.42 Å². The van der Waals surface area contributed by atoms with Gasteiger partial charge in [-0.1, -0.05) is 36.4 Å². The summed E-state index contributed by atoms with van der Waals surface area (Å²) in [6.07, 6.45) is 1.06. The number of anilines is 1. The fourth-order valence-corrected chi connectivity index (χ4v) is 3.26. The molecule has 4 nitrogen and oxygen atoms in total. The molecule has 130 valence electrons. The number of nitrogens with two attached hydrogens (primary N) is 1. The van der Waals surface area contributed by atoms with Crippen molar-refractivity contribution in [1.82, 2.24) is 0 Å². The van der Waals surface area contributed by atoms with Gasteiger partial charge in [-0.15, -0.1) is 12.4 Å². The van der Waals surface area contributed by atoms with Crippen LogP contribution in [0, 0.1) is 0 Å². The third kappa shape index (κ3) is 4.09. The van der Waals surface area contributed by atoms with Gasteiger partial charge in [-0.25, -0.2) is 8.42 Å². The molecule has 0 amide bonds. The van der Waals surface area contributed by atoms with Gasteiger partial charge in [0.25, 0.3) is 0 Å². The standard InChI is InChI=1S/C18H22N2O2S.ClH/c1-12(2)23(21,22)20-16-5-3-4-15(10-16)13-6-8-14(9-7-13)17-11-18(17)19;/h3-10,12,17-18,20H,11,19H2,1-2H3;1H/t17-,18+;/m1./s1. The molecule has 0 bridgehead atoms. The number of benzene rings is 2. The molecule has 3 rings (SSSR count). The van der Waals surface area contributed by atoms with Gasteiger partial charge in [-0.05, 0) is 49.1 Å². The van der Waals surface area contributed by atoms with Crippen molar-refractivity contribution in [2.24, 2.45) is 5.73 Å². The average Bonchev–Trinajstić information content (AvgIpc) is 3.24. The van der Waals surface area contributed by atoms with Crippen LogP contribution in [0.15, 0.2) is 48.5 Å². The summed E-state index contributed by atoms with van der Waals surface area (Å²) < 4.78 is 26.6. The van der Waals surface area contributed by atoms with Crippen LogP contribution in [-0.2, 0) is 10.0 Å². The number of hydrogen-bond acceptors (Lipinski definition) is 3. The van der Waals surface area contributed by atoms with Crippen molar-refractivity contribution >= 4 is 28.1 Å². The Bertz CT molecular complexity index is 804. The van der Waals surface area contributed by atoms with E-state index in [1.807, 2.05) is 18.2 Å². The second-order valence-electron chi connectivity index (χ2n) is 6.40. The summed E-state index contributed by atoms with van der Waals surface area (Å²) in [4.78, 5) is 0. The average molecular weight is 367 g/mol. The van der Waals surface area contributed by atoms with Gasteiger partial charge < -0.3 is 5.73 Å². The molecule has 3 N–H and O–H groups in total. The highest BCUT2D eigenvalue weighted by Gasteiger charge is 2.34. The number of nitrogens with one attached hydrogen (secondary N) is 1. The van der Waals surface area contributed by atoms with E-state index in [1.54, 1.807) is 19.9 Å². The normalized spacial score (nSPS) is 19.7. The minimum absolute atomic E-state index is 0. The minimum Gasteiger partial charge on any atom is -0.327 e. The van der Waals surface area contributed by atoms with Crippen molar-refractivity contribution in [3.63, 3.8) is 0 Å². The van der Waals surface area contributed by atoms with E-state index in [-0.39, 0.29) is 12.4 Å². The first kappa shape index (κ1) is 18.8. The molecule has 0 spiro atoms. The van der Waals surface area contributed by atoms with E-state index in [4.69, 9.17) is 5.73 Å². The maximum Gasteiger partial charge on any atom is 0.235 e. The van der Waals surface area contributed by atoms with Gasteiger partial charge >= 0.3 is 0 Å². The van der Waals surface area contributed by atoms with Crippen LogP contribution >= 0.6 is 12.4 Å². The van der Waals surface area contributed by atoms with Crippen LogP contribution in [0.25, 0.3) is 11.1 Å². The topological polar surface area (TPSA) is 72.2 Å². The molecule has 0 heterocycles. The molecule has 1 aliphatic rings. The lowest BCUT2D eigenvalue weighted by Gasteiger charge is -2.12. The summed E-state index contributed by atoms with van der Waals surface area (Å²) in [6, 6.07) is 16.1. The molecular formula is C18H23ClN2O2S. The Balaban J connectivity index is 0.00000208. The summed E-state index contributed by atoms with van der Waals surface area (Å²) in [7, 11) is -3.33. The van der Waals surface area contributed by atoms with E-state index < -0.39 is 15.3 Å². The SMILES string of the molecule is CC(C)S(=O)(=O)Nc1cccc(-c2ccc([C@H]3C[C@@H]3N)cc2)c1.Cl. The first-order chi connectivity index (χ1) is 10.9. The van der Waals surface area contributed by atoms with E-state index >= 15 is 0 Å². The second kappa shape index (κ2) is 7.13. The molecule has 2 aromatic rings. The molecule has 1 aliphatic carbocycles. The summed E-state index contributed by atoms with van der Waals surface area (Å²) in [5, 5.41) is -0.465. The van der Waals surface area contributed by atoms with Crippen LogP contribution in [0.5, 0.6) is 0 Å². The molecule has 0 radical (unpaired) electrons. The molecular weight excluding hydrogens is 344 g/mol. The lowest BCUT2D eigenvalue weighted by atomic mass is 10.0. The summed E-state index contributed by atoms with van der Waals surface area (Å²) >= 11 is 0. The summed E-state index contributed by atoms with van der Waals surface area (Å²) in [5.41, 5.74) is 9.80. The lowest BCUT2D eigenvalue weighted by Crippen LogP contribution is -2.22. The van der Waals surface area contributed by atoms with Crippen LogP contribution in [0.4, 0.5) is 5.69 Å². The number of hydrogen-bond donors (Lipinski definition) is 2. The Morgan fingerprint density at radius 3 is 2.25 bits per heavy atom. The third-order valence-electron chi connectivity index (χ3n) is 4.26. The highest BCUT2D eigenvalue weighted by molar-refractivity contribution is 7.93. The predicted octanol–water partition coefficient (Wildman–Crippen LogP) is 3.74. The Morgan fingerprint density at radius 2 is 1.71 bits per heavy atom. The van der Waals surface area contributed by atoms with Gasteiger partial charge in [-0.3, -0.25) is 4.72 Å². The van der Waals surface area contributed by atoms with Gasteiger partial charge in [0.1, 0.15) is 0 Å². The zero-order valence-corrected chi connectivity index (χ0v) is 15.4. The molecule has 0 aromatic heterocycles. The van der Waals surface area contributed by atoms with Crippen molar-refractivity contribution in [2.75, 3.05) is 4.72 Å². The molecule has 0 aliphatic heterocycles. The first-order valence-corrected chi connectivity index (χ1v) is 9.39. The molecule has 0 unspecified atom stereocenters. The Labute approximate surface area is 149 Å². The highest BCUT2D eigenvalue weighted by atomic mass is 35.5. The molecule has 1 fully saturated rings. The van der Waals surface area contributed by atoms with Gasteiger partial charge in [0.2, 0.25) is 10.0 Å². The van der Waals surface area contributed by atoms with Gasteiger partial charge in [0.15, 0.2) is 0 Å². The highest BCUT2D eigenvalue weighted by Crippen LogP contribution is 2.39. The van der Waals surface area contributed by atoms with Crippen molar-refractivity contribution in [2.45, 2.75) is 37.5 Å². The molecule has 24 heavy (non-hydrogen) atoms. The Hall–Kier alpha value is -1.56. The van der Waals surface area contributed by atoms with Gasteiger partial charge in [0.05, 0.1) is 5.25 Å². The second-order valence-corrected chi connectivity index (χ2v) is 8.64. The zero-order valence-electron chi connectivity index (χ0n) is 13.8. The predicted molar refractivity (Wildman–Crippen MR) is 102 cm³/mol. The van der Waals surface area contributed by atoms with Crippen LogP contribution in [0.3, 0.4) is 0 Å². The Kier molecular flexibility index (Phi) is 5.58. The zero-order chi connectivity index (χ0) is 16.6. The Morgan fingerprint density at radius 1 is 1.08 bits per heavy atom. The maximum atomic E-state index is 12.0. The summed E-state index contributed by atoms with van der Waals surface area (Å²) in [6.45, 7) is 3.32. The molecule has 6 heteroatoms. The van der Waals surface area contributed by atoms with Gasteiger partial charge in [0, 0.05) is 17.6 Å². The van der Waals surface area contributed by atoms with E-state index in [0.29, 0.717) is 17.6 Å². The van der Waals surface area contributed by atoms with Crippen LogP contribution < -0.4 is 10.5 Å². The number of sulfonamides is 1. The smallest absolute Gasteiger partial charge is 0.235 e. The quantitative estimate of drug-likeness (QED) is 0.846. The number of halogens is 1. The first-order valence-electron chi connectivity index (χ1n) is 7.84. The van der Waals surface area contributed by atoms with Crippen molar-refractivity contribution in [3.8, 4) is 11.1 Å². The largest absolute Gasteiger partial charge is 0.327 e. The van der Waals surface area contributed by atoms with Crippen LogP contribution in [0.2, 0.25) is 0 Å². The fraction of sp³-hybridized carbons (Fsp3) is 0.333. The number of rotatable bonds is 5. The van der Waals surface area contributed by atoms with Crippen LogP contribution in [0.1, 0.15) is 31.7 Å². The van der Waals surface area contributed by atoms with E-state index in [2.05, 4.69) is 29.0 Å². The summed E-state index contributed by atoms with van der Waals surface area (Å²) in [5.74, 6) is 0.494. The van der Waals surface area contributed by atoms with E-state index in [0.717, 1.165) is 17.5 Å². The molecule has 0 saturated heterocycles. The van der Waals surface area contributed by atoms with Crippen LogP contribution in [-0.4, -0.2) is 19.7 Å². The van der Waals surface area contributed by atoms with Crippen molar-refractivity contribution in [3.05, 3.63) is 54.1 Å².